The smallest absolute Gasteiger partial charge is 0.251 e. The third-order valence-corrected chi connectivity index (χ3v) is 3.50. The van der Waals surface area contributed by atoms with Gasteiger partial charge in [0.1, 0.15) is 0 Å². The average Bonchev–Trinajstić information content (AvgIpc) is 3.06. The molecule has 0 fully saturated rings. The first-order valence-electron chi connectivity index (χ1n) is 6.20. The second kappa shape index (κ2) is 4.59. The van der Waals surface area contributed by atoms with E-state index in [0.29, 0.717) is 29.9 Å². The van der Waals surface area contributed by atoms with E-state index in [9.17, 15) is 9.90 Å². The molecule has 3 rings (SSSR count). The van der Waals surface area contributed by atoms with E-state index in [0.717, 1.165) is 0 Å². The van der Waals surface area contributed by atoms with Crippen molar-refractivity contribution in [2.75, 3.05) is 13.4 Å². The number of aliphatic hydroxyl groups excluding tert-OH is 1. The molecule has 5 heteroatoms. The fourth-order valence-corrected chi connectivity index (χ4v) is 2.32. The predicted molar refractivity (Wildman–Crippen MR) is 68.2 cm³/mol. The molecule has 0 unspecified atom stereocenters. The number of carbonyl (C=O) groups excluding carboxylic acids is 1. The van der Waals surface area contributed by atoms with Gasteiger partial charge in [-0.05, 0) is 31.0 Å². The topological polar surface area (TPSA) is 67.8 Å². The summed E-state index contributed by atoms with van der Waals surface area (Å²) in [7, 11) is 0. The quantitative estimate of drug-likeness (QED) is 0.803. The Morgan fingerprint density at radius 1 is 1.26 bits per heavy atom. The van der Waals surface area contributed by atoms with E-state index in [1.54, 1.807) is 18.2 Å². The van der Waals surface area contributed by atoms with E-state index in [2.05, 4.69) is 5.32 Å². The lowest BCUT2D eigenvalue weighted by atomic mass is 9.97. The fourth-order valence-electron chi connectivity index (χ4n) is 2.32. The Morgan fingerprint density at radius 3 is 2.74 bits per heavy atom. The van der Waals surface area contributed by atoms with Gasteiger partial charge in [0.25, 0.3) is 5.91 Å². The van der Waals surface area contributed by atoms with Gasteiger partial charge in [0.15, 0.2) is 11.5 Å². The Kier molecular flexibility index (Phi) is 2.91. The first kappa shape index (κ1) is 12.0. The number of rotatable bonds is 3. The molecule has 1 amide bonds. The Hall–Kier alpha value is -2.01. The number of amides is 1. The van der Waals surface area contributed by atoms with E-state index in [-0.39, 0.29) is 19.3 Å². The summed E-state index contributed by atoms with van der Waals surface area (Å²) in [5, 5.41) is 12.4. The standard InChI is InChI=1S/C14H15NO4/c16-8-14(5-1-2-6-14)15-13(17)10-3-4-11-12(7-10)19-9-18-11/h1-4,7,16H,5-6,8-9H2,(H,15,17). The van der Waals surface area contributed by atoms with E-state index < -0.39 is 5.54 Å². The molecule has 0 saturated carbocycles. The molecule has 0 atom stereocenters. The van der Waals surface area contributed by atoms with Crippen molar-refractivity contribution >= 4 is 5.91 Å². The van der Waals surface area contributed by atoms with Gasteiger partial charge in [-0.25, -0.2) is 0 Å². The molecule has 1 aliphatic carbocycles. The van der Waals surface area contributed by atoms with Gasteiger partial charge < -0.3 is 19.9 Å². The predicted octanol–water partition coefficient (Wildman–Crippen LogP) is 1.23. The normalized spacial score (nSPS) is 18.6. The number of carbonyl (C=O) groups is 1. The van der Waals surface area contributed by atoms with Crippen molar-refractivity contribution < 1.29 is 19.4 Å². The van der Waals surface area contributed by atoms with Crippen LogP contribution in [0.15, 0.2) is 30.4 Å². The van der Waals surface area contributed by atoms with Gasteiger partial charge in [0.05, 0.1) is 12.1 Å². The van der Waals surface area contributed by atoms with Crippen molar-refractivity contribution in [1.82, 2.24) is 5.32 Å². The SMILES string of the molecule is O=C(NC1(CO)CC=CC1)c1ccc2c(c1)OCO2. The van der Waals surface area contributed by atoms with Crippen LogP contribution in [0, 0.1) is 0 Å². The molecule has 0 aromatic heterocycles. The van der Waals surface area contributed by atoms with Gasteiger partial charge >= 0.3 is 0 Å². The molecule has 1 aromatic rings. The van der Waals surface area contributed by atoms with Crippen LogP contribution in [0.5, 0.6) is 11.5 Å². The maximum atomic E-state index is 12.2. The fraction of sp³-hybridized carbons (Fsp3) is 0.357. The molecule has 0 radical (unpaired) electrons. The number of aliphatic hydroxyl groups is 1. The van der Waals surface area contributed by atoms with Crippen LogP contribution < -0.4 is 14.8 Å². The lowest BCUT2D eigenvalue weighted by molar-refractivity contribution is 0.0845. The molecule has 2 N–H and O–H groups in total. The van der Waals surface area contributed by atoms with Crippen molar-refractivity contribution in [2.45, 2.75) is 18.4 Å². The molecule has 100 valence electrons. The Balaban J connectivity index is 1.77. The van der Waals surface area contributed by atoms with E-state index in [1.165, 1.54) is 0 Å². The molecule has 0 bridgehead atoms. The van der Waals surface area contributed by atoms with Gasteiger partial charge in [-0.1, -0.05) is 12.2 Å². The van der Waals surface area contributed by atoms with Gasteiger partial charge in [-0.3, -0.25) is 4.79 Å². The minimum atomic E-state index is -0.562. The summed E-state index contributed by atoms with van der Waals surface area (Å²) in [5.41, 5.74) is -0.0584. The highest BCUT2D eigenvalue weighted by Gasteiger charge is 2.32. The summed E-state index contributed by atoms with van der Waals surface area (Å²) >= 11 is 0. The molecule has 1 heterocycles. The van der Waals surface area contributed by atoms with E-state index >= 15 is 0 Å². The van der Waals surface area contributed by atoms with Crippen molar-refractivity contribution in [3.05, 3.63) is 35.9 Å². The van der Waals surface area contributed by atoms with E-state index in [4.69, 9.17) is 9.47 Å². The summed E-state index contributed by atoms with van der Waals surface area (Å²) in [6.45, 7) is 0.112. The molecule has 0 saturated heterocycles. The van der Waals surface area contributed by atoms with Crippen LogP contribution >= 0.6 is 0 Å². The molecule has 1 aliphatic heterocycles. The first-order chi connectivity index (χ1) is 9.22. The number of hydrogen-bond donors (Lipinski definition) is 2. The maximum Gasteiger partial charge on any atom is 0.251 e. The Labute approximate surface area is 110 Å². The Morgan fingerprint density at radius 2 is 2.00 bits per heavy atom. The number of fused-ring (bicyclic) bond motifs is 1. The van der Waals surface area contributed by atoms with Crippen LogP contribution in [0.25, 0.3) is 0 Å². The highest BCUT2D eigenvalue weighted by Crippen LogP contribution is 2.33. The second-order valence-corrected chi connectivity index (χ2v) is 4.84. The van der Waals surface area contributed by atoms with Gasteiger partial charge in [-0.15, -0.1) is 0 Å². The van der Waals surface area contributed by atoms with Crippen LogP contribution in [-0.4, -0.2) is 30.0 Å². The molecule has 2 aliphatic rings. The number of nitrogens with one attached hydrogen (secondary N) is 1. The van der Waals surface area contributed by atoms with Crippen LogP contribution in [0.4, 0.5) is 0 Å². The van der Waals surface area contributed by atoms with Crippen molar-refractivity contribution in [1.29, 1.82) is 0 Å². The number of hydrogen-bond acceptors (Lipinski definition) is 4. The van der Waals surface area contributed by atoms with Gasteiger partial charge in [0.2, 0.25) is 6.79 Å². The third kappa shape index (κ3) is 2.17. The Bertz CT molecular complexity index is 530. The maximum absolute atomic E-state index is 12.2. The molecule has 0 spiro atoms. The summed E-state index contributed by atoms with van der Waals surface area (Å²) in [6, 6.07) is 5.07. The van der Waals surface area contributed by atoms with Crippen LogP contribution in [-0.2, 0) is 0 Å². The highest BCUT2D eigenvalue weighted by atomic mass is 16.7. The summed E-state index contributed by atoms with van der Waals surface area (Å²) in [4.78, 5) is 12.2. The zero-order valence-electron chi connectivity index (χ0n) is 10.4. The van der Waals surface area contributed by atoms with Crippen molar-refractivity contribution in [3.63, 3.8) is 0 Å². The zero-order chi connectivity index (χ0) is 13.3. The number of benzene rings is 1. The van der Waals surface area contributed by atoms with Crippen LogP contribution in [0.1, 0.15) is 23.2 Å². The first-order valence-corrected chi connectivity index (χ1v) is 6.20. The van der Waals surface area contributed by atoms with Gasteiger partial charge in [0, 0.05) is 5.56 Å². The molecular formula is C14H15NO4. The minimum absolute atomic E-state index is 0.0731. The van der Waals surface area contributed by atoms with Crippen molar-refractivity contribution in [2.24, 2.45) is 0 Å². The zero-order valence-corrected chi connectivity index (χ0v) is 10.4. The molecule has 5 nitrogen and oxygen atoms in total. The summed E-state index contributed by atoms with van der Waals surface area (Å²) in [5.74, 6) is 1.02. The highest BCUT2D eigenvalue weighted by molar-refractivity contribution is 5.95. The second-order valence-electron chi connectivity index (χ2n) is 4.84. The average molecular weight is 261 g/mol. The monoisotopic (exact) mass is 261 g/mol. The largest absolute Gasteiger partial charge is 0.454 e. The van der Waals surface area contributed by atoms with Gasteiger partial charge in [-0.2, -0.15) is 0 Å². The number of ether oxygens (including phenoxy) is 2. The van der Waals surface area contributed by atoms with Crippen LogP contribution in [0.3, 0.4) is 0 Å². The lowest BCUT2D eigenvalue weighted by Gasteiger charge is -2.28. The molecule has 1 aromatic carbocycles. The lowest BCUT2D eigenvalue weighted by Crippen LogP contribution is -2.49. The van der Waals surface area contributed by atoms with E-state index in [1.807, 2.05) is 12.2 Å². The molecular weight excluding hydrogens is 246 g/mol. The van der Waals surface area contributed by atoms with Crippen LogP contribution in [0.2, 0.25) is 0 Å². The summed E-state index contributed by atoms with van der Waals surface area (Å²) in [6.07, 6.45) is 5.24. The minimum Gasteiger partial charge on any atom is -0.454 e. The van der Waals surface area contributed by atoms with Crippen molar-refractivity contribution in [3.8, 4) is 11.5 Å². The summed E-state index contributed by atoms with van der Waals surface area (Å²) < 4.78 is 10.5. The molecule has 19 heavy (non-hydrogen) atoms. The third-order valence-electron chi connectivity index (χ3n) is 3.50.